The maximum Gasteiger partial charge on any atom is 0.416 e. The summed E-state index contributed by atoms with van der Waals surface area (Å²) in [4.78, 5) is 32.4. The number of fused-ring (bicyclic) bond motifs is 2. The first-order valence-electron chi connectivity index (χ1n) is 9.54. The lowest BCUT2D eigenvalue weighted by Gasteiger charge is -2.51. The first-order valence-corrected chi connectivity index (χ1v) is 9.54. The van der Waals surface area contributed by atoms with Crippen molar-refractivity contribution in [2.75, 3.05) is 7.11 Å². The fourth-order valence-electron chi connectivity index (χ4n) is 3.93. The van der Waals surface area contributed by atoms with E-state index in [2.05, 4.69) is 0 Å². The number of hydrogen-bond acceptors (Lipinski definition) is 4. The first-order chi connectivity index (χ1) is 14.8. The predicted octanol–water partition coefficient (Wildman–Crippen LogP) is 4.10. The number of halogens is 3. The lowest BCUT2D eigenvalue weighted by molar-refractivity contribution is -0.272. The third kappa shape index (κ3) is 3.88. The van der Waals surface area contributed by atoms with Crippen LogP contribution in [0.25, 0.3) is 0 Å². The molecule has 2 bridgehead atoms. The number of nitrogens with zero attached hydrogens (tertiary/aromatic N) is 2. The van der Waals surface area contributed by atoms with Crippen LogP contribution in [-0.4, -0.2) is 41.3 Å². The summed E-state index contributed by atoms with van der Waals surface area (Å²) < 4.78 is 45.8. The molecule has 2 aromatic carbocycles. The summed E-state index contributed by atoms with van der Waals surface area (Å²) in [6.07, 6.45) is -4.39. The minimum absolute atomic E-state index is 0.0106. The Hall–Kier alpha value is -3.33. The van der Waals surface area contributed by atoms with E-state index >= 15 is 0 Å². The summed E-state index contributed by atoms with van der Waals surface area (Å²) in [7, 11) is 1.14. The van der Waals surface area contributed by atoms with Crippen LogP contribution in [0.5, 0.6) is 0 Å². The van der Waals surface area contributed by atoms with Gasteiger partial charge in [0.05, 0.1) is 25.1 Å². The van der Waals surface area contributed by atoms with E-state index in [4.69, 9.17) is 9.57 Å². The minimum Gasteiger partial charge on any atom is -0.453 e. The summed E-state index contributed by atoms with van der Waals surface area (Å²) in [5.41, 5.74) is -0.263. The van der Waals surface area contributed by atoms with Crippen molar-refractivity contribution in [3.8, 4) is 0 Å². The lowest BCUT2D eigenvalue weighted by atomic mass is 9.90. The topological polar surface area (TPSA) is 59.1 Å². The molecular weight excluding hydrogens is 413 g/mol. The van der Waals surface area contributed by atoms with Gasteiger partial charge in [0.15, 0.2) is 6.17 Å². The number of benzene rings is 2. The van der Waals surface area contributed by atoms with Gasteiger partial charge >= 0.3 is 12.3 Å². The van der Waals surface area contributed by atoms with Gasteiger partial charge in [-0.1, -0.05) is 54.6 Å². The number of methoxy groups -OCH3 is 1. The highest BCUT2D eigenvalue weighted by Crippen LogP contribution is 2.44. The van der Waals surface area contributed by atoms with E-state index in [1.165, 1.54) is 18.2 Å². The van der Waals surface area contributed by atoms with Crippen molar-refractivity contribution < 1.29 is 32.3 Å². The molecule has 0 aliphatic carbocycles. The molecule has 0 radical (unpaired) electrons. The first kappa shape index (κ1) is 20.9. The van der Waals surface area contributed by atoms with Gasteiger partial charge in [-0.3, -0.25) is 14.5 Å². The maximum absolute atomic E-state index is 13.6. The van der Waals surface area contributed by atoms with Crippen LogP contribution in [0.4, 0.5) is 18.0 Å². The van der Waals surface area contributed by atoms with Gasteiger partial charge in [0.1, 0.15) is 6.10 Å². The number of hydrogen-bond donors (Lipinski definition) is 0. The van der Waals surface area contributed by atoms with E-state index in [1.54, 1.807) is 36.4 Å². The molecule has 0 aromatic heterocycles. The van der Waals surface area contributed by atoms with Crippen molar-refractivity contribution in [3.63, 3.8) is 0 Å². The highest BCUT2D eigenvalue weighted by atomic mass is 19.4. The van der Waals surface area contributed by atoms with Gasteiger partial charge in [-0.05, 0) is 23.3 Å². The van der Waals surface area contributed by atoms with Crippen LogP contribution in [0.2, 0.25) is 0 Å². The molecule has 162 valence electrons. The Balaban J connectivity index is 1.70. The number of rotatable bonds is 3. The Morgan fingerprint density at radius 1 is 1.03 bits per heavy atom. The number of ether oxygens (including phenoxy) is 1. The summed E-state index contributed by atoms with van der Waals surface area (Å²) in [5, 5.41) is 1.03. The number of alkyl halides is 3. The van der Waals surface area contributed by atoms with Crippen molar-refractivity contribution >= 4 is 12.0 Å². The van der Waals surface area contributed by atoms with E-state index in [9.17, 15) is 22.8 Å². The van der Waals surface area contributed by atoms with Crippen molar-refractivity contribution in [2.45, 2.75) is 30.9 Å². The zero-order valence-electron chi connectivity index (χ0n) is 16.5. The number of amides is 2. The minimum atomic E-state index is -4.62. The van der Waals surface area contributed by atoms with Crippen LogP contribution in [0.3, 0.4) is 0 Å². The molecular formula is C22H19F3N2O4. The third-order valence-electron chi connectivity index (χ3n) is 5.26. The average Bonchev–Trinajstić information content (AvgIpc) is 2.78. The summed E-state index contributed by atoms with van der Waals surface area (Å²) in [5.74, 6) is -0.429. The van der Waals surface area contributed by atoms with E-state index in [1.807, 2.05) is 6.07 Å². The molecule has 1 saturated heterocycles. The Labute approximate surface area is 176 Å². The molecule has 31 heavy (non-hydrogen) atoms. The van der Waals surface area contributed by atoms with Gasteiger partial charge in [0.25, 0.3) is 5.91 Å². The molecule has 2 amide bonds. The molecule has 3 atom stereocenters. The van der Waals surface area contributed by atoms with Gasteiger partial charge in [0, 0.05) is 0 Å². The van der Waals surface area contributed by atoms with Crippen molar-refractivity contribution in [3.05, 3.63) is 83.4 Å². The van der Waals surface area contributed by atoms with Crippen LogP contribution >= 0.6 is 0 Å². The highest BCUT2D eigenvalue weighted by Gasteiger charge is 2.51. The molecule has 0 unspecified atom stereocenters. The molecule has 9 heteroatoms. The summed E-state index contributed by atoms with van der Waals surface area (Å²) in [6.45, 7) is 0. The summed E-state index contributed by atoms with van der Waals surface area (Å²) in [6, 6.07) is 12.8. The number of carbonyl (C=O) groups excluding carboxylic acids is 2. The second kappa shape index (κ2) is 8.07. The van der Waals surface area contributed by atoms with Crippen molar-refractivity contribution in [1.82, 2.24) is 9.96 Å². The van der Waals surface area contributed by atoms with Gasteiger partial charge in [-0.2, -0.15) is 18.2 Å². The largest absolute Gasteiger partial charge is 0.453 e. The SMILES string of the molecule is COC(=O)N1[C@H](c2ccccc2C(F)(F)F)[C@@H]2C=C[C@H]1N(C(=O)Cc1ccccc1)O2. The molecule has 1 fully saturated rings. The monoisotopic (exact) mass is 432 g/mol. The van der Waals surface area contributed by atoms with Crippen LogP contribution in [0.1, 0.15) is 22.7 Å². The molecule has 0 N–H and O–H groups in total. The molecule has 3 aliphatic heterocycles. The molecule has 0 spiro atoms. The Bertz CT molecular complexity index is 1010. The second-order valence-corrected chi connectivity index (χ2v) is 7.16. The van der Waals surface area contributed by atoms with E-state index < -0.39 is 42.1 Å². The maximum atomic E-state index is 13.6. The molecule has 3 aliphatic rings. The van der Waals surface area contributed by atoms with Crippen LogP contribution in [0.15, 0.2) is 66.7 Å². The van der Waals surface area contributed by atoms with Crippen molar-refractivity contribution in [2.24, 2.45) is 0 Å². The smallest absolute Gasteiger partial charge is 0.416 e. The normalized spacial score (nSPS) is 22.5. The molecule has 6 nitrogen and oxygen atoms in total. The molecule has 0 saturated carbocycles. The second-order valence-electron chi connectivity index (χ2n) is 7.16. The molecule has 3 heterocycles. The Morgan fingerprint density at radius 2 is 1.71 bits per heavy atom. The van der Waals surface area contributed by atoms with Crippen LogP contribution in [0, 0.1) is 0 Å². The fourth-order valence-corrected chi connectivity index (χ4v) is 3.93. The number of carbonyl (C=O) groups is 2. The quantitative estimate of drug-likeness (QED) is 0.686. The van der Waals surface area contributed by atoms with Gasteiger partial charge in [-0.15, -0.1) is 0 Å². The Morgan fingerprint density at radius 3 is 2.39 bits per heavy atom. The average molecular weight is 432 g/mol. The van der Waals surface area contributed by atoms with E-state index in [0.717, 1.165) is 28.7 Å². The van der Waals surface area contributed by atoms with E-state index in [-0.39, 0.29) is 12.0 Å². The van der Waals surface area contributed by atoms with E-state index in [0.29, 0.717) is 0 Å². The van der Waals surface area contributed by atoms with Gasteiger partial charge in [0.2, 0.25) is 0 Å². The lowest BCUT2D eigenvalue weighted by Crippen LogP contribution is -2.64. The summed E-state index contributed by atoms with van der Waals surface area (Å²) >= 11 is 0. The molecule has 2 aromatic rings. The third-order valence-corrected chi connectivity index (χ3v) is 5.26. The van der Waals surface area contributed by atoms with Gasteiger partial charge < -0.3 is 4.74 Å². The van der Waals surface area contributed by atoms with Gasteiger partial charge in [-0.25, -0.2) is 4.79 Å². The van der Waals surface area contributed by atoms with Crippen LogP contribution < -0.4 is 0 Å². The Kier molecular flexibility index (Phi) is 5.45. The van der Waals surface area contributed by atoms with Crippen molar-refractivity contribution in [1.29, 1.82) is 0 Å². The molecule has 5 rings (SSSR count). The van der Waals surface area contributed by atoms with Crippen LogP contribution in [-0.2, 0) is 27.0 Å². The standard InChI is InChI=1S/C22H19F3N2O4/c1-30-21(29)26-18-12-11-17(20(26)15-9-5-6-10-16(15)22(23,24)25)31-27(18)19(28)13-14-7-3-2-4-8-14/h2-12,17-18,20H,13H2,1H3/t17-,18+,20+/m0/s1. The fraction of sp³-hybridized carbons (Fsp3) is 0.273. The zero-order chi connectivity index (χ0) is 22.2. The predicted molar refractivity (Wildman–Crippen MR) is 103 cm³/mol. The highest BCUT2D eigenvalue weighted by molar-refractivity contribution is 5.80. The number of hydroxylamine groups is 2. The zero-order valence-corrected chi connectivity index (χ0v) is 16.5.